The minimum atomic E-state index is -1.56. The van der Waals surface area contributed by atoms with Gasteiger partial charge < -0.3 is 15.2 Å². The van der Waals surface area contributed by atoms with Crippen LogP contribution in [-0.2, 0) is 4.74 Å². The van der Waals surface area contributed by atoms with Gasteiger partial charge in [0.2, 0.25) is 0 Å². The van der Waals surface area contributed by atoms with Crippen LogP contribution in [0.25, 0.3) is 5.52 Å². The smallest absolute Gasteiger partial charge is 0.256 e. The average molecular weight is 482 g/mol. The van der Waals surface area contributed by atoms with Gasteiger partial charge in [-0.25, -0.2) is 13.9 Å². The predicted molar refractivity (Wildman–Crippen MR) is 105 cm³/mol. The van der Waals surface area contributed by atoms with Crippen molar-refractivity contribution in [3.8, 4) is 0 Å². The van der Waals surface area contributed by atoms with Crippen LogP contribution in [0.5, 0.6) is 0 Å². The third kappa shape index (κ3) is 3.30. The van der Waals surface area contributed by atoms with Crippen LogP contribution in [0.4, 0.5) is 10.2 Å². The van der Waals surface area contributed by atoms with Crippen LogP contribution in [0.3, 0.4) is 0 Å². The summed E-state index contributed by atoms with van der Waals surface area (Å²) in [4.78, 5) is 16.5. The molecule has 1 aliphatic rings. The summed E-state index contributed by atoms with van der Waals surface area (Å²) in [5.74, 6) is 0.00401. The molecule has 2 N–H and O–H groups in total. The highest BCUT2D eigenvalue weighted by molar-refractivity contribution is 14.1. The summed E-state index contributed by atoms with van der Waals surface area (Å²) in [6, 6.07) is 12.1. The van der Waals surface area contributed by atoms with Gasteiger partial charge in [-0.15, -0.1) is 0 Å². The Bertz CT molecular complexity index is 968. The fourth-order valence-electron chi connectivity index (χ4n) is 3.12. The molecule has 1 aromatic carbocycles. The quantitative estimate of drug-likeness (QED) is 0.441. The molecule has 4 atom stereocenters. The Balaban J connectivity index is 1.65. The fourth-order valence-corrected chi connectivity index (χ4v) is 3.85. The number of amides is 1. The number of aliphatic hydroxyl groups excluding tert-OH is 1. The lowest BCUT2D eigenvalue weighted by Crippen LogP contribution is -2.28. The summed E-state index contributed by atoms with van der Waals surface area (Å²) >= 11 is 2.05. The van der Waals surface area contributed by atoms with E-state index in [0.29, 0.717) is 27.0 Å². The lowest BCUT2D eigenvalue weighted by Gasteiger charge is -2.13. The van der Waals surface area contributed by atoms with Crippen molar-refractivity contribution >= 4 is 39.8 Å². The molecule has 0 saturated carbocycles. The second-order valence-corrected chi connectivity index (χ2v) is 7.05. The van der Waals surface area contributed by atoms with Gasteiger partial charge >= 0.3 is 0 Å². The van der Waals surface area contributed by atoms with E-state index in [0.717, 1.165) is 0 Å². The normalized spacial score (nSPS) is 25.0. The van der Waals surface area contributed by atoms with Gasteiger partial charge in [0, 0.05) is 9.99 Å². The van der Waals surface area contributed by atoms with Gasteiger partial charge in [-0.3, -0.25) is 4.79 Å². The van der Waals surface area contributed by atoms with E-state index in [2.05, 4.69) is 38.0 Å². The minimum Gasteiger partial charge on any atom is -0.387 e. The molecule has 1 aliphatic heterocycles. The molecule has 0 unspecified atom stereocenters. The maximum absolute atomic E-state index is 14.5. The minimum absolute atomic E-state index is 0.306. The van der Waals surface area contributed by atoms with E-state index in [4.69, 9.17) is 4.74 Å². The van der Waals surface area contributed by atoms with Gasteiger partial charge in [0.1, 0.15) is 24.1 Å². The highest BCUT2D eigenvalue weighted by atomic mass is 127. The summed E-state index contributed by atoms with van der Waals surface area (Å²) in [6.45, 7) is 0. The SMILES string of the molecule is O=C(Nc1ncnn2c([C@@H]3O[C@H](CI)[C@@H](O)[C@H]3F)ccc12)c1ccccc1. The molecule has 3 heterocycles. The molecule has 7 nitrogen and oxygen atoms in total. The number of carbonyl (C=O) groups is 1. The molecule has 2 aromatic heterocycles. The summed E-state index contributed by atoms with van der Waals surface area (Å²) in [5.41, 5.74) is 1.47. The summed E-state index contributed by atoms with van der Waals surface area (Å²) in [7, 11) is 0. The number of carbonyl (C=O) groups excluding carboxylic acids is 1. The van der Waals surface area contributed by atoms with Crippen molar-refractivity contribution in [2.45, 2.75) is 24.5 Å². The van der Waals surface area contributed by atoms with Crippen molar-refractivity contribution in [2.24, 2.45) is 0 Å². The molecule has 4 rings (SSSR count). The van der Waals surface area contributed by atoms with Crippen LogP contribution in [0.2, 0.25) is 0 Å². The van der Waals surface area contributed by atoms with Gasteiger partial charge in [-0.05, 0) is 24.3 Å². The molecule has 9 heteroatoms. The van der Waals surface area contributed by atoms with Gasteiger partial charge in [-0.2, -0.15) is 5.10 Å². The number of anilines is 1. The molecule has 1 amide bonds. The number of hydrogen-bond acceptors (Lipinski definition) is 5. The molecule has 27 heavy (non-hydrogen) atoms. The van der Waals surface area contributed by atoms with Gasteiger partial charge in [0.25, 0.3) is 5.91 Å². The van der Waals surface area contributed by atoms with Crippen LogP contribution in [0.1, 0.15) is 22.2 Å². The Kier molecular flexibility index (Phi) is 5.06. The van der Waals surface area contributed by atoms with E-state index >= 15 is 0 Å². The zero-order valence-corrected chi connectivity index (χ0v) is 16.2. The van der Waals surface area contributed by atoms with Crippen LogP contribution in [0.15, 0.2) is 48.8 Å². The molecule has 0 bridgehead atoms. The number of halogens is 2. The second-order valence-electron chi connectivity index (χ2n) is 6.17. The Hall–Kier alpha value is -2.11. The molecule has 3 aromatic rings. The number of aliphatic hydroxyl groups is 1. The van der Waals surface area contributed by atoms with Crippen LogP contribution >= 0.6 is 22.6 Å². The number of ether oxygens (including phenoxy) is 1. The summed E-state index contributed by atoms with van der Waals surface area (Å²) in [5, 5.41) is 16.9. The van der Waals surface area contributed by atoms with Crippen LogP contribution in [-0.4, -0.2) is 48.4 Å². The first-order valence-corrected chi connectivity index (χ1v) is 9.85. The molecular weight excluding hydrogens is 466 g/mol. The Morgan fingerprint density at radius 1 is 1.30 bits per heavy atom. The third-order valence-corrected chi connectivity index (χ3v) is 5.38. The Morgan fingerprint density at radius 2 is 2.07 bits per heavy atom. The van der Waals surface area contributed by atoms with Crippen molar-refractivity contribution in [3.63, 3.8) is 0 Å². The number of alkyl halides is 2. The van der Waals surface area contributed by atoms with E-state index in [1.54, 1.807) is 36.4 Å². The fraction of sp³-hybridized carbons (Fsp3) is 0.278. The molecule has 1 saturated heterocycles. The maximum Gasteiger partial charge on any atom is 0.256 e. The van der Waals surface area contributed by atoms with Crippen molar-refractivity contribution in [2.75, 3.05) is 9.74 Å². The molecule has 1 fully saturated rings. The van der Waals surface area contributed by atoms with Gasteiger partial charge in [-0.1, -0.05) is 40.8 Å². The van der Waals surface area contributed by atoms with Crippen LogP contribution < -0.4 is 5.32 Å². The number of benzene rings is 1. The standard InChI is InChI=1S/C18H16FIN4O3/c19-14-15(25)13(8-20)27-16(14)11-6-7-12-17(21-9-22-24(11)12)23-18(26)10-4-2-1-3-5-10/h1-7,9,13-16,25H,8H2,(H,21,22,23,26)/t13-,14-,15-,16+/m1/s1. The molecular formula is C18H16FIN4O3. The first-order chi connectivity index (χ1) is 13.1. The Labute approximate surface area is 167 Å². The Morgan fingerprint density at radius 3 is 2.78 bits per heavy atom. The molecule has 140 valence electrons. The maximum atomic E-state index is 14.5. The highest BCUT2D eigenvalue weighted by Crippen LogP contribution is 2.37. The predicted octanol–water partition coefficient (Wildman–Crippen LogP) is 2.56. The number of nitrogens with one attached hydrogen (secondary N) is 1. The van der Waals surface area contributed by atoms with Crippen LogP contribution in [0, 0.1) is 0 Å². The van der Waals surface area contributed by atoms with E-state index in [-0.39, 0.29) is 5.91 Å². The second kappa shape index (κ2) is 7.49. The van der Waals surface area contributed by atoms with Crippen molar-refractivity contribution in [3.05, 3.63) is 60.0 Å². The molecule has 0 spiro atoms. The molecule has 0 aliphatic carbocycles. The number of rotatable bonds is 4. The number of hydrogen-bond donors (Lipinski definition) is 2. The lowest BCUT2D eigenvalue weighted by molar-refractivity contribution is 0.0232. The van der Waals surface area contributed by atoms with E-state index in [9.17, 15) is 14.3 Å². The number of fused-ring (bicyclic) bond motifs is 1. The van der Waals surface area contributed by atoms with E-state index in [1.807, 2.05) is 6.07 Å². The first kappa shape index (κ1) is 18.3. The zero-order chi connectivity index (χ0) is 19.0. The van der Waals surface area contributed by atoms with E-state index < -0.39 is 24.5 Å². The van der Waals surface area contributed by atoms with Crippen molar-refractivity contribution < 1.29 is 19.0 Å². The summed E-state index contributed by atoms with van der Waals surface area (Å²) in [6.07, 6.45) is -2.97. The van der Waals surface area contributed by atoms with Gasteiger partial charge in [0.05, 0.1) is 11.8 Å². The van der Waals surface area contributed by atoms with Crippen molar-refractivity contribution in [1.29, 1.82) is 0 Å². The molecule has 0 radical (unpaired) electrons. The van der Waals surface area contributed by atoms with Gasteiger partial charge in [0.15, 0.2) is 12.0 Å². The largest absolute Gasteiger partial charge is 0.387 e. The zero-order valence-electron chi connectivity index (χ0n) is 14.0. The first-order valence-electron chi connectivity index (χ1n) is 8.32. The summed E-state index contributed by atoms with van der Waals surface area (Å²) < 4.78 is 22.2. The highest BCUT2D eigenvalue weighted by Gasteiger charge is 2.45. The monoisotopic (exact) mass is 482 g/mol. The van der Waals surface area contributed by atoms with E-state index in [1.165, 1.54) is 10.8 Å². The average Bonchev–Trinajstić information content (AvgIpc) is 3.25. The topological polar surface area (TPSA) is 88.8 Å². The third-order valence-electron chi connectivity index (χ3n) is 4.51. The van der Waals surface area contributed by atoms with Crippen molar-refractivity contribution in [1.82, 2.24) is 14.6 Å². The lowest BCUT2D eigenvalue weighted by atomic mass is 10.1. The number of nitrogens with zero attached hydrogens (tertiary/aromatic N) is 3. The number of aromatic nitrogens is 3.